The highest BCUT2D eigenvalue weighted by molar-refractivity contribution is 5.92. The van der Waals surface area contributed by atoms with E-state index in [-0.39, 0.29) is 16.8 Å². The van der Waals surface area contributed by atoms with Gasteiger partial charge >= 0.3 is 12.1 Å². The standard InChI is InChI=1S/C27H27F3N4O4/c1-26(2,3)34-13-17(23(31-34)19-8-9-20(28)22(30)21(19)29)12-32-11-10-27(14-32)15-33(25(37)38-27)18-6-4-16(5-7-18)24(35)36/h4-9,13H,10-12,14-15H2,1-3H3,(H,35,36). The number of halogens is 3. The summed E-state index contributed by atoms with van der Waals surface area (Å²) in [7, 11) is 0. The van der Waals surface area contributed by atoms with Crippen molar-refractivity contribution in [1.29, 1.82) is 0 Å². The van der Waals surface area contributed by atoms with Gasteiger partial charge in [-0.05, 0) is 57.2 Å². The van der Waals surface area contributed by atoms with E-state index in [2.05, 4.69) is 10.00 Å². The molecule has 1 amide bonds. The highest BCUT2D eigenvalue weighted by Crippen LogP contribution is 2.37. The zero-order chi connectivity index (χ0) is 27.4. The van der Waals surface area contributed by atoms with E-state index < -0.39 is 40.7 Å². The lowest BCUT2D eigenvalue weighted by Crippen LogP contribution is -2.37. The summed E-state index contributed by atoms with van der Waals surface area (Å²) in [6, 6.07) is 8.07. The van der Waals surface area contributed by atoms with Crippen LogP contribution in [0.2, 0.25) is 0 Å². The summed E-state index contributed by atoms with van der Waals surface area (Å²) >= 11 is 0. The van der Waals surface area contributed by atoms with Gasteiger partial charge in [-0.2, -0.15) is 5.10 Å². The maximum absolute atomic E-state index is 14.7. The molecule has 2 aliphatic heterocycles. The number of amides is 1. The number of carbonyl (C=O) groups is 2. The average Bonchev–Trinajstić information content (AvgIpc) is 3.55. The third-order valence-corrected chi connectivity index (χ3v) is 6.95. The van der Waals surface area contributed by atoms with Crippen LogP contribution < -0.4 is 4.90 Å². The number of hydrogen-bond donors (Lipinski definition) is 1. The van der Waals surface area contributed by atoms with Crippen LogP contribution >= 0.6 is 0 Å². The summed E-state index contributed by atoms with van der Waals surface area (Å²) in [5.41, 5.74) is 0.180. The van der Waals surface area contributed by atoms with Gasteiger partial charge in [0, 0.05) is 49.1 Å². The van der Waals surface area contributed by atoms with Gasteiger partial charge in [0.05, 0.1) is 23.3 Å². The molecule has 200 valence electrons. The van der Waals surface area contributed by atoms with E-state index in [0.29, 0.717) is 43.9 Å². The molecule has 0 radical (unpaired) electrons. The Morgan fingerprint density at radius 3 is 2.45 bits per heavy atom. The molecule has 0 aliphatic carbocycles. The summed E-state index contributed by atoms with van der Waals surface area (Å²) < 4.78 is 49.8. The summed E-state index contributed by atoms with van der Waals surface area (Å²) in [5, 5.41) is 13.6. The quantitative estimate of drug-likeness (QED) is 0.468. The van der Waals surface area contributed by atoms with E-state index in [1.807, 2.05) is 20.8 Å². The third kappa shape index (κ3) is 4.62. The summed E-state index contributed by atoms with van der Waals surface area (Å²) in [6.45, 7) is 7.39. The molecule has 38 heavy (non-hydrogen) atoms. The first-order valence-corrected chi connectivity index (χ1v) is 12.2. The first-order chi connectivity index (χ1) is 17.9. The Balaban J connectivity index is 1.38. The van der Waals surface area contributed by atoms with Crippen molar-refractivity contribution in [3.63, 3.8) is 0 Å². The molecule has 1 aromatic heterocycles. The van der Waals surface area contributed by atoms with Crippen LogP contribution in [0.3, 0.4) is 0 Å². The van der Waals surface area contributed by atoms with Crippen LogP contribution in [-0.4, -0.2) is 57.1 Å². The second-order valence-electron chi connectivity index (χ2n) is 10.8. The predicted molar refractivity (Wildman–Crippen MR) is 132 cm³/mol. The molecule has 1 atom stereocenters. The highest BCUT2D eigenvalue weighted by Gasteiger charge is 2.50. The second kappa shape index (κ2) is 9.16. The van der Waals surface area contributed by atoms with Crippen LogP contribution in [0.15, 0.2) is 42.6 Å². The van der Waals surface area contributed by atoms with Crippen molar-refractivity contribution in [2.75, 3.05) is 24.5 Å². The van der Waals surface area contributed by atoms with Crippen LogP contribution in [0.1, 0.15) is 43.1 Å². The van der Waals surface area contributed by atoms with Gasteiger partial charge in [0.1, 0.15) is 5.60 Å². The maximum Gasteiger partial charge on any atom is 0.415 e. The van der Waals surface area contributed by atoms with Crippen molar-refractivity contribution in [2.24, 2.45) is 0 Å². The normalized spacial score (nSPS) is 19.9. The monoisotopic (exact) mass is 528 g/mol. The summed E-state index contributed by atoms with van der Waals surface area (Å²) in [4.78, 5) is 27.4. The molecule has 3 aromatic rings. The number of benzene rings is 2. The molecule has 2 fully saturated rings. The zero-order valence-electron chi connectivity index (χ0n) is 21.2. The molecular formula is C27H27F3N4O4. The number of nitrogens with zero attached hydrogens (tertiary/aromatic N) is 4. The molecule has 3 heterocycles. The predicted octanol–water partition coefficient (Wildman–Crippen LogP) is 5.02. The van der Waals surface area contributed by atoms with Gasteiger partial charge in [-0.1, -0.05) is 0 Å². The van der Waals surface area contributed by atoms with Crippen molar-refractivity contribution in [1.82, 2.24) is 14.7 Å². The van der Waals surface area contributed by atoms with E-state index in [1.165, 1.54) is 23.1 Å². The molecule has 1 spiro atoms. The number of aromatic carboxylic acids is 1. The van der Waals surface area contributed by atoms with Crippen LogP contribution in [0.25, 0.3) is 11.3 Å². The van der Waals surface area contributed by atoms with Crippen molar-refractivity contribution in [2.45, 2.75) is 44.9 Å². The minimum absolute atomic E-state index is 0.118. The first-order valence-electron chi connectivity index (χ1n) is 12.2. The number of rotatable bonds is 5. The Bertz CT molecular complexity index is 1420. The number of aromatic nitrogens is 2. The van der Waals surface area contributed by atoms with Crippen molar-refractivity contribution >= 4 is 17.7 Å². The van der Waals surface area contributed by atoms with Crippen molar-refractivity contribution < 1.29 is 32.6 Å². The highest BCUT2D eigenvalue weighted by atomic mass is 19.2. The van der Waals surface area contributed by atoms with Gasteiger partial charge in [0.15, 0.2) is 17.5 Å². The molecule has 1 unspecified atom stereocenters. The van der Waals surface area contributed by atoms with Gasteiger partial charge in [0.25, 0.3) is 0 Å². The van der Waals surface area contributed by atoms with Crippen LogP contribution in [0.4, 0.5) is 23.7 Å². The third-order valence-electron chi connectivity index (χ3n) is 6.95. The Labute approximate surface area is 217 Å². The van der Waals surface area contributed by atoms with Crippen LogP contribution in [-0.2, 0) is 16.8 Å². The topological polar surface area (TPSA) is 87.9 Å². The molecule has 5 rings (SSSR count). The minimum Gasteiger partial charge on any atom is -0.478 e. The molecule has 11 heteroatoms. The maximum atomic E-state index is 14.7. The smallest absolute Gasteiger partial charge is 0.415 e. The van der Waals surface area contributed by atoms with Crippen LogP contribution in [0, 0.1) is 17.5 Å². The molecular weight excluding hydrogens is 501 g/mol. The van der Waals surface area contributed by atoms with Crippen molar-refractivity contribution in [3.05, 3.63) is 71.2 Å². The van der Waals surface area contributed by atoms with Gasteiger partial charge in [-0.25, -0.2) is 22.8 Å². The van der Waals surface area contributed by atoms with E-state index in [4.69, 9.17) is 9.84 Å². The molecule has 8 nitrogen and oxygen atoms in total. The molecule has 0 bridgehead atoms. The Morgan fingerprint density at radius 2 is 1.79 bits per heavy atom. The van der Waals surface area contributed by atoms with Gasteiger partial charge < -0.3 is 9.84 Å². The molecule has 2 aromatic carbocycles. The zero-order valence-corrected chi connectivity index (χ0v) is 21.2. The number of anilines is 1. The van der Waals surface area contributed by atoms with E-state index in [9.17, 15) is 22.8 Å². The lowest BCUT2D eigenvalue weighted by atomic mass is 10.0. The van der Waals surface area contributed by atoms with Crippen molar-refractivity contribution in [3.8, 4) is 11.3 Å². The summed E-state index contributed by atoms with van der Waals surface area (Å²) in [6.07, 6.45) is 1.82. The Hall–Kier alpha value is -3.86. The summed E-state index contributed by atoms with van der Waals surface area (Å²) in [5.74, 6) is -5.17. The fourth-order valence-corrected chi connectivity index (χ4v) is 4.93. The Kier molecular flexibility index (Phi) is 6.21. The average molecular weight is 529 g/mol. The SMILES string of the molecule is CC(C)(C)n1cc(CN2CCC3(C2)CN(c2ccc(C(=O)O)cc2)C(=O)O3)c(-c2ccc(F)c(F)c2F)n1. The van der Waals surface area contributed by atoms with E-state index in [1.54, 1.807) is 23.0 Å². The molecule has 1 N–H and O–H groups in total. The first kappa shape index (κ1) is 25.8. The lowest BCUT2D eigenvalue weighted by molar-refractivity contribution is 0.0628. The largest absolute Gasteiger partial charge is 0.478 e. The van der Waals surface area contributed by atoms with Gasteiger partial charge in [-0.15, -0.1) is 0 Å². The Morgan fingerprint density at radius 1 is 1.08 bits per heavy atom. The lowest BCUT2D eigenvalue weighted by Gasteiger charge is -2.22. The minimum atomic E-state index is -1.55. The molecule has 2 saturated heterocycles. The second-order valence-corrected chi connectivity index (χ2v) is 10.8. The van der Waals surface area contributed by atoms with Gasteiger partial charge in [0.2, 0.25) is 0 Å². The number of likely N-dealkylation sites (tertiary alicyclic amines) is 1. The van der Waals surface area contributed by atoms with E-state index in [0.717, 1.165) is 6.07 Å². The number of carboxylic acids is 1. The van der Waals surface area contributed by atoms with Gasteiger partial charge in [-0.3, -0.25) is 14.5 Å². The fourth-order valence-electron chi connectivity index (χ4n) is 4.93. The van der Waals surface area contributed by atoms with Crippen LogP contribution in [0.5, 0.6) is 0 Å². The number of hydrogen-bond acceptors (Lipinski definition) is 5. The van der Waals surface area contributed by atoms with E-state index >= 15 is 0 Å². The molecule has 0 saturated carbocycles. The number of ether oxygens (including phenoxy) is 1. The molecule has 2 aliphatic rings. The fraction of sp³-hybridized carbons (Fsp3) is 0.370. The number of carbonyl (C=O) groups excluding carboxylic acids is 1. The number of carboxylic acid groups (broad SMARTS) is 1.